The Bertz CT molecular complexity index is 724. The molecule has 0 aromatic heterocycles. The van der Waals surface area contributed by atoms with Crippen LogP contribution >= 0.6 is 0 Å². The summed E-state index contributed by atoms with van der Waals surface area (Å²) in [5.41, 5.74) is 0.939. The van der Waals surface area contributed by atoms with Crippen LogP contribution in [-0.4, -0.2) is 24.0 Å². The molecule has 0 aliphatic carbocycles. The van der Waals surface area contributed by atoms with Gasteiger partial charge in [0.2, 0.25) is 5.91 Å². The lowest BCUT2D eigenvalue weighted by atomic mass is 10.0. The molecular weight excluding hydrogens is 309 g/mol. The van der Waals surface area contributed by atoms with E-state index in [2.05, 4.69) is 0 Å². The summed E-state index contributed by atoms with van der Waals surface area (Å²) in [6.45, 7) is 3.55. The number of ether oxygens (including phenoxy) is 1. The summed E-state index contributed by atoms with van der Waals surface area (Å²) in [5.74, 6) is -1.31. The van der Waals surface area contributed by atoms with Gasteiger partial charge in [-0.15, -0.1) is 0 Å². The number of fused-ring (bicyclic) bond motifs is 1. The molecule has 2 aromatic carbocycles. The van der Waals surface area contributed by atoms with E-state index in [4.69, 9.17) is 4.74 Å². The smallest absolute Gasteiger partial charge is 0.306 e. The molecule has 0 bridgehead atoms. The SMILES string of the molecule is C[C@H](CC(=O)O[C@H](C)c1cccc2ccccc12)CC(=O)N(C)F. The molecule has 0 aliphatic heterocycles. The lowest BCUT2D eigenvalue weighted by Gasteiger charge is -2.17. The normalized spacial score (nSPS) is 13.3. The summed E-state index contributed by atoms with van der Waals surface area (Å²) in [6.07, 6.45) is -0.338. The predicted octanol–water partition coefficient (Wildman–Crippen LogP) is 4.20. The second kappa shape index (κ2) is 7.90. The monoisotopic (exact) mass is 331 g/mol. The van der Waals surface area contributed by atoms with E-state index in [1.54, 1.807) is 6.92 Å². The third kappa shape index (κ3) is 4.54. The maximum Gasteiger partial charge on any atom is 0.306 e. The van der Waals surface area contributed by atoms with Crippen LogP contribution in [0.5, 0.6) is 0 Å². The zero-order chi connectivity index (χ0) is 17.7. The first-order valence-electron chi connectivity index (χ1n) is 7.98. The van der Waals surface area contributed by atoms with E-state index in [0.29, 0.717) is 0 Å². The summed E-state index contributed by atoms with van der Waals surface area (Å²) in [4.78, 5) is 23.4. The first-order chi connectivity index (χ1) is 11.4. The fourth-order valence-corrected chi connectivity index (χ4v) is 2.69. The van der Waals surface area contributed by atoms with Gasteiger partial charge in [0.25, 0.3) is 0 Å². The van der Waals surface area contributed by atoms with Crippen LogP contribution in [-0.2, 0) is 14.3 Å². The van der Waals surface area contributed by atoms with Crippen LogP contribution in [0.25, 0.3) is 10.8 Å². The van der Waals surface area contributed by atoms with Gasteiger partial charge in [-0.25, -0.2) is 0 Å². The average Bonchev–Trinajstić information content (AvgIpc) is 2.53. The van der Waals surface area contributed by atoms with E-state index < -0.39 is 18.0 Å². The van der Waals surface area contributed by atoms with Crippen molar-refractivity contribution in [3.63, 3.8) is 0 Å². The molecule has 0 radical (unpaired) electrons. The number of nitrogens with zero attached hydrogens (tertiary/aromatic N) is 1. The Morgan fingerprint density at radius 2 is 1.75 bits per heavy atom. The van der Waals surface area contributed by atoms with Gasteiger partial charge in [-0.05, 0) is 29.2 Å². The van der Waals surface area contributed by atoms with E-state index in [-0.39, 0.29) is 23.9 Å². The van der Waals surface area contributed by atoms with Crippen LogP contribution in [0.15, 0.2) is 42.5 Å². The molecule has 0 aliphatic rings. The van der Waals surface area contributed by atoms with Gasteiger partial charge in [-0.3, -0.25) is 9.59 Å². The van der Waals surface area contributed by atoms with Gasteiger partial charge in [0.1, 0.15) is 6.10 Å². The van der Waals surface area contributed by atoms with Gasteiger partial charge in [-0.2, -0.15) is 5.12 Å². The summed E-state index contributed by atoms with van der Waals surface area (Å²) in [6, 6.07) is 13.8. The second-order valence-corrected chi connectivity index (χ2v) is 6.08. The predicted molar refractivity (Wildman–Crippen MR) is 90.7 cm³/mol. The van der Waals surface area contributed by atoms with E-state index in [0.717, 1.165) is 23.4 Å². The van der Waals surface area contributed by atoms with E-state index >= 15 is 0 Å². The first-order valence-corrected chi connectivity index (χ1v) is 7.98. The van der Waals surface area contributed by atoms with E-state index in [1.165, 1.54) is 0 Å². The molecule has 0 saturated heterocycles. The van der Waals surface area contributed by atoms with Crippen LogP contribution in [0.1, 0.15) is 38.4 Å². The van der Waals surface area contributed by atoms with Crippen molar-refractivity contribution in [2.75, 3.05) is 7.05 Å². The van der Waals surface area contributed by atoms with Gasteiger partial charge < -0.3 is 4.74 Å². The lowest BCUT2D eigenvalue weighted by molar-refractivity contribution is -0.150. The molecule has 2 rings (SSSR count). The molecule has 24 heavy (non-hydrogen) atoms. The minimum absolute atomic E-state index is 0.0231. The zero-order valence-electron chi connectivity index (χ0n) is 14.2. The number of hydrogen-bond donors (Lipinski definition) is 0. The third-order valence-corrected chi connectivity index (χ3v) is 3.95. The molecule has 4 nitrogen and oxygen atoms in total. The maximum absolute atomic E-state index is 12.7. The molecular formula is C19H22FNO3. The van der Waals surface area contributed by atoms with Gasteiger partial charge in [0.05, 0.1) is 0 Å². The summed E-state index contributed by atoms with van der Waals surface area (Å²) in [5, 5.41) is 2.17. The fraction of sp³-hybridized carbons (Fsp3) is 0.368. The Kier molecular flexibility index (Phi) is 5.90. The molecule has 128 valence electrons. The van der Waals surface area contributed by atoms with Crippen LogP contribution < -0.4 is 0 Å². The Morgan fingerprint density at radius 3 is 2.46 bits per heavy atom. The molecule has 0 fully saturated rings. The third-order valence-electron chi connectivity index (χ3n) is 3.95. The molecule has 2 atom stereocenters. The topological polar surface area (TPSA) is 46.6 Å². The quantitative estimate of drug-likeness (QED) is 0.588. The minimum atomic E-state index is -0.641. The van der Waals surface area contributed by atoms with Gasteiger partial charge in [-0.1, -0.05) is 53.9 Å². The van der Waals surface area contributed by atoms with Crippen molar-refractivity contribution in [2.45, 2.75) is 32.8 Å². The van der Waals surface area contributed by atoms with Crippen LogP contribution in [0, 0.1) is 5.92 Å². The Hall–Kier alpha value is -2.43. The summed E-state index contributed by atoms with van der Waals surface area (Å²) < 4.78 is 18.2. The van der Waals surface area contributed by atoms with Crippen molar-refractivity contribution in [3.8, 4) is 0 Å². The highest BCUT2D eigenvalue weighted by atomic mass is 19.2. The summed E-state index contributed by atoms with van der Waals surface area (Å²) >= 11 is 0. The molecule has 0 saturated carbocycles. The second-order valence-electron chi connectivity index (χ2n) is 6.08. The molecule has 2 aromatic rings. The van der Waals surface area contributed by atoms with Gasteiger partial charge in [0.15, 0.2) is 0 Å². The number of carbonyl (C=O) groups is 2. The summed E-state index contributed by atoms with van der Waals surface area (Å²) in [7, 11) is 1.05. The fourth-order valence-electron chi connectivity index (χ4n) is 2.69. The lowest BCUT2D eigenvalue weighted by Crippen LogP contribution is -2.21. The number of benzene rings is 2. The van der Waals surface area contributed by atoms with Crippen molar-refractivity contribution in [1.82, 2.24) is 5.12 Å². The number of halogens is 1. The number of carbonyl (C=O) groups excluding carboxylic acids is 2. The van der Waals surface area contributed by atoms with Gasteiger partial charge in [0, 0.05) is 19.9 Å². The molecule has 0 N–H and O–H groups in total. The number of hydrogen-bond acceptors (Lipinski definition) is 3. The first kappa shape index (κ1) is 17.9. The van der Waals surface area contributed by atoms with E-state index in [9.17, 15) is 14.1 Å². The van der Waals surface area contributed by atoms with Crippen molar-refractivity contribution >= 4 is 22.6 Å². The van der Waals surface area contributed by atoms with E-state index in [1.807, 2.05) is 49.4 Å². The molecule has 5 heteroatoms. The van der Waals surface area contributed by atoms with Crippen molar-refractivity contribution in [3.05, 3.63) is 48.0 Å². The van der Waals surface area contributed by atoms with Crippen molar-refractivity contribution in [1.29, 1.82) is 0 Å². The van der Waals surface area contributed by atoms with Crippen LogP contribution in [0.3, 0.4) is 0 Å². The Morgan fingerprint density at radius 1 is 1.08 bits per heavy atom. The number of esters is 1. The zero-order valence-corrected chi connectivity index (χ0v) is 14.2. The molecule has 0 spiro atoms. The average molecular weight is 331 g/mol. The van der Waals surface area contributed by atoms with Crippen LogP contribution in [0.2, 0.25) is 0 Å². The minimum Gasteiger partial charge on any atom is -0.458 e. The Labute approximate surface area is 141 Å². The number of amides is 1. The number of rotatable bonds is 6. The molecule has 0 heterocycles. The highest BCUT2D eigenvalue weighted by Gasteiger charge is 2.19. The van der Waals surface area contributed by atoms with Crippen molar-refractivity contribution in [2.24, 2.45) is 5.92 Å². The molecule has 0 unspecified atom stereocenters. The Balaban J connectivity index is 1.99. The maximum atomic E-state index is 12.7. The van der Waals surface area contributed by atoms with Crippen LogP contribution in [0.4, 0.5) is 4.48 Å². The standard InChI is InChI=1S/C19H22FNO3/c1-13(11-18(22)21(3)20)12-19(23)24-14(2)16-10-6-8-15-7-4-5-9-17(15)16/h4-10,13-14H,11-12H2,1-3H3/t13-,14+/m0/s1. The highest BCUT2D eigenvalue weighted by Crippen LogP contribution is 2.27. The van der Waals surface area contributed by atoms with Gasteiger partial charge >= 0.3 is 5.97 Å². The highest BCUT2D eigenvalue weighted by molar-refractivity contribution is 5.86. The van der Waals surface area contributed by atoms with Crippen molar-refractivity contribution < 1.29 is 18.8 Å². The largest absolute Gasteiger partial charge is 0.458 e. The molecule has 1 amide bonds.